The molecule has 0 radical (unpaired) electrons. The van der Waals surface area contributed by atoms with Crippen molar-refractivity contribution in [1.82, 2.24) is 0 Å². The molecule has 0 saturated carbocycles. The third-order valence-electron chi connectivity index (χ3n) is 3.67. The van der Waals surface area contributed by atoms with Crippen LogP contribution < -0.4 is 5.32 Å². The summed E-state index contributed by atoms with van der Waals surface area (Å²) in [6.45, 7) is 3.89. The molecule has 1 heterocycles. The first kappa shape index (κ1) is 15.8. The Bertz CT molecular complexity index is 736. The van der Waals surface area contributed by atoms with Crippen LogP contribution in [0.15, 0.2) is 72.4 Å². The molecular weight excluding hydrogens is 304 g/mol. The molecule has 118 valence electrons. The van der Waals surface area contributed by atoms with Crippen LogP contribution in [0.25, 0.3) is 0 Å². The smallest absolute Gasteiger partial charge is 0.278 e. The number of benzene rings is 2. The van der Waals surface area contributed by atoms with Gasteiger partial charge in [0.05, 0.1) is 5.75 Å². The van der Waals surface area contributed by atoms with Crippen LogP contribution in [0, 0.1) is 0 Å². The van der Waals surface area contributed by atoms with E-state index in [0.29, 0.717) is 5.75 Å². The lowest BCUT2D eigenvalue weighted by molar-refractivity contribution is -0.574. The molecule has 0 aliphatic carbocycles. The van der Waals surface area contributed by atoms with E-state index in [4.69, 9.17) is 0 Å². The number of aliphatic hydroxyl groups is 1. The molecule has 0 saturated heterocycles. The SMILES string of the molecule is C/C(=C/C1=[N+](c2ccccc2)[C@@](C)(O)CS1)Nc1ccccc1. The molecule has 1 aliphatic rings. The van der Waals surface area contributed by atoms with Crippen molar-refractivity contribution >= 4 is 28.2 Å². The van der Waals surface area contributed by atoms with Crippen LogP contribution >= 0.6 is 11.8 Å². The normalized spacial score (nSPS) is 21.6. The highest BCUT2D eigenvalue weighted by Crippen LogP contribution is 2.32. The molecule has 2 aromatic carbocycles. The quantitative estimate of drug-likeness (QED) is 0.827. The van der Waals surface area contributed by atoms with Crippen LogP contribution in [-0.2, 0) is 0 Å². The number of nitrogens with one attached hydrogen (secondary N) is 1. The zero-order valence-electron chi connectivity index (χ0n) is 13.4. The van der Waals surface area contributed by atoms with Gasteiger partial charge in [0, 0.05) is 36.5 Å². The number of allylic oxidation sites excluding steroid dienone is 1. The lowest BCUT2D eigenvalue weighted by Crippen LogP contribution is -2.36. The molecule has 3 rings (SSSR count). The highest BCUT2D eigenvalue weighted by molar-refractivity contribution is 8.14. The van der Waals surface area contributed by atoms with Crippen LogP contribution in [0.2, 0.25) is 0 Å². The van der Waals surface area contributed by atoms with Gasteiger partial charge in [0.25, 0.3) is 5.72 Å². The summed E-state index contributed by atoms with van der Waals surface area (Å²) < 4.78 is 1.99. The van der Waals surface area contributed by atoms with Crippen molar-refractivity contribution in [2.24, 2.45) is 0 Å². The minimum Gasteiger partial charge on any atom is -0.359 e. The van der Waals surface area contributed by atoms with E-state index in [1.165, 1.54) is 0 Å². The van der Waals surface area contributed by atoms with E-state index in [2.05, 4.69) is 11.4 Å². The summed E-state index contributed by atoms with van der Waals surface area (Å²) >= 11 is 1.67. The standard InChI is InChI=1S/C19H20N2OS/c1-15(20-16-9-5-3-6-10-16)13-18-21(19(2,22)14-23-18)17-11-7-4-8-12-17/h3-13,22H,14H2,1-2H3/p+1/t19-/m0/s1. The molecule has 1 aliphatic heterocycles. The molecule has 0 spiro atoms. The number of hydrogen-bond donors (Lipinski definition) is 2. The Morgan fingerprint density at radius 2 is 1.74 bits per heavy atom. The van der Waals surface area contributed by atoms with E-state index in [1.807, 2.05) is 79.1 Å². The van der Waals surface area contributed by atoms with E-state index < -0.39 is 5.72 Å². The van der Waals surface area contributed by atoms with E-state index in [-0.39, 0.29) is 0 Å². The average molecular weight is 325 g/mol. The van der Waals surface area contributed by atoms with Gasteiger partial charge in [0.15, 0.2) is 0 Å². The Labute approximate surface area is 141 Å². The fourth-order valence-electron chi connectivity index (χ4n) is 2.64. The van der Waals surface area contributed by atoms with Crippen molar-refractivity contribution in [3.8, 4) is 0 Å². The summed E-state index contributed by atoms with van der Waals surface area (Å²) in [5.74, 6) is 0.645. The molecule has 1 atom stereocenters. The summed E-state index contributed by atoms with van der Waals surface area (Å²) in [4.78, 5) is 0. The van der Waals surface area contributed by atoms with Crippen LogP contribution in [0.3, 0.4) is 0 Å². The summed E-state index contributed by atoms with van der Waals surface area (Å²) in [5.41, 5.74) is 2.21. The molecular formula is C19H21N2OS+. The Morgan fingerprint density at radius 1 is 1.13 bits per heavy atom. The summed E-state index contributed by atoms with van der Waals surface area (Å²) in [5, 5.41) is 15.1. The molecule has 23 heavy (non-hydrogen) atoms. The molecule has 3 nitrogen and oxygen atoms in total. The van der Waals surface area contributed by atoms with Gasteiger partial charge < -0.3 is 10.4 Å². The first-order chi connectivity index (χ1) is 11.1. The number of para-hydroxylation sites is 2. The van der Waals surface area contributed by atoms with Crippen LogP contribution in [0.1, 0.15) is 13.8 Å². The average Bonchev–Trinajstić information content (AvgIpc) is 2.83. The number of anilines is 1. The number of rotatable bonds is 4. The van der Waals surface area contributed by atoms with Gasteiger partial charge in [-0.05, 0) is 30.8 Å². The number of hydrogen-bond acceptors (Lipinski definition) is 3. The van der Waals surface area contributed by atoms with E-state index >= 15 is 0 Å². The maximum atomic E-state index is 10.7. The summed E-state index contributed by atoms with van der Waals surface area (Å²) in [6, 6.07) is 20.1. The summed E-state index contributed by atoms with van der Waals surface area (Å²) in [6.07, 6.45) is 2.09. The molecule has 2 aromatic rings. The lowest BCUT2D eigenvalue weighted by Gasteiger charge is -2.14. The number of nitrogens with zero attached hydrogens (tertiary/aromatic N) is 1. The van der Waals surface area contributed by atoms with Crippen LogP contribution in [0.5, 0.6) is 0 Å². The predicted molar refractivity (Wildman–Crippen MR) is 98.3 cm³/mol. The Kier molecular flexibility index (Phi) is 4.55. The molecule has 0 unspecified atom stereocenters. The van der Waals surface area contributed by atoms with Crippen molar-refractivity contribution in [1.29, 1.82) is 0 Å². The van der Waals surface area contributed by atoms with Crippen LogP contribution in [-0.4, -0.2) is 26.2 Å². The van der Waals surface area contributed by atoms with Gasteiger partial charge in [-0.15, -0.1) is 0 Å². The van der Waals surface area contributed by atoms with E-state index in [0.717, 1.165) is 22.1 Å². The fraction of sp³-hybridized carbons (Fsp3) is 0.211. The van der Waals surface area contributed by atoms with Gasteiger partial charge in [-0.25, -0.2) is 0 Å². The molecule has 0 amide bonds. The second kappa shape index (κ2) is 6.60. The Hall–Kier alpha value is -2.04. The topological polar surface area (TPSA) is 35.3 Å². The second-order valence-electron chi connectivity index (χ2n) is 5.83. The molecule has 0 fully saturated rings. The maximum absolute atomic E-state index is 10.7. The third kappa shape index (κ3) is 3.66. The van der Waals surface area contributed by atoms with Gasteiger partial charge in [-0.2, -0.15) is 4.58 Å². The van der Waals surface area contributed by atoms with Crippen molar-refractivity contribution in [3.05, 3.63) is 72.4 Å². The van der Waals surface area contributed by atoms with Gasteiger partial charge >= 0.3 is 0 Å². The maximum Gasteiger partial charge on any atom is 0.278 e. The highest BCUT2D eigenvalue weighted by Gasteiger charge is 2.44. The molecule has 4 heteroatoms. The monoisotopic (exact) mass is 325 g/mol. The van der Waals surface area contributed by atoms with Crippen molar-refractivity contribution in [3.63, 3.8) is 0 Å². The van der Waals surface area contributed by atoms with Gasteiger partial charge in [0.2, 0.25) is 10.7 Å². The highest BCUT2D eigenvalue weighted by atomic mass is 32.2. The molecule has 2 N–H and O–H groups in total. The number of thioether (sulfide) groups is 1. The Balaban J connectivity index is 1.94. The largest absolute Gasteiger partial charge is 0.359 e. The van der Waals surface area contributed by atoms with Crippen LogP contribution in [0.4, 0.5) is 11.4 Å². The minimum absolute atomic E-state index is 0.645. The minimum atomic E-state index is -0.884. The first-order valence-corrected chi connectivity index (χ1v) is 8.63. The van der Waals surface area contributed by atoms with Crippen molar-refractivity contribution in [2.45, 2.75) is 19.6 Å². The second-order valence-corrected chi connectivity index (χ2v) is 6.83. The zero-order chi connectivity index (χ0) is 16.3. The molecule has 0 aromatic heterocycles. The van der Waals surface area contributed by atoms with E-state index in [1.54, 1.807) is 11.8 Å². The van der Waals surface area contributed by atoms with Crippen molar-refractivity contribution in [2.75, 3.05) is 11.1 Å². The summed E-state index contributed by atoms with van der Waals surface area (Å²) in [7, 11) is 0. The zero-order valence-corrected chi connectivity index (χ0v) is 14.2. The third-order valence-corrected chi connectivity index (χ3v) is 4.95. The Morgan fingerprint density at radius 3 is 2.39 bits per heavy atom. The first-order valence-electron chi connectivity index (χ1n) is 7.64. The fourth-order valence-corrected chi connectivity index (χ4v) is 3.88. The van der Waals surface area contributed by atoms with Gasteiger partial charge in [-0.1, -0.05) is 36.4 Å². The van der Waals surface area contributed by atoms with E-state index in [9.17, 15) is 5.11 Å². The predicted octanol–water partition coefficient (Wildman–Crippen LogP) is 4.20. The lowest BCUT2D eigenvalue weighted by atomic mass is 10.2. The van der Waals surface area contributed by atoms with Crippen molar-refractivity contribution < 1.29 is 9.68 Å². The van der Waals surface area contributed by atoms with Gasteiger partial charge in [-0.3, -0.25) is 0 Å². The van der Waals surface area contributed by atoms with Gasteiger partial charge in [0.1, 0.15) is 0 Å². The molecule has 0 bridgehead atoms.